The number of aromatic nitrogens is 3. The van der Waals surface area contributed by atoms with Crippen molar-refractivity contribution in [3.05, 3.63) is 12.2 Å². The largest absolute Gasteiger partial charge is 0.395 e. The van der Waals surface area contributed by atoms with Crippen LogP contribution >= 0.6 is 11.8 Å². The zero-order valence-electron chi connectivity index (χ0n) is 8.60. The molecule has 3 N–H and O–H groups in total. The smallest absolute Gasteiger partial charge is 0.288 e. The molecule has 0 aliphatic rings. The van der Waals surface area contributed by atoms with Gasteiger partial charge in [0, 0.05) is 11.3 Å². The highest BCUT2D eigenvalue weighted by atomic mass is 32.2. The third-order valence-electron chi connectivity index (χ3n) is 2.03. The topological polar surface area (TPSA) is 90.9 Å². The Bertz CT molecular complexity index is 300. The maximum atomic E-state index is 11.5. The number of H-pyrrole nitrogens is 1. The minimum atomic E-state index is -0.312. The van der Waals surface area contributed by atoms with E-state index in [0.29, 0.717) is 0 Å². The van der Waals surface area contributed by atoms with Crippen molar-refractivity contribution in [2.24, 2.45) is 0 Å². The molecule has 1 amide bonds. The Morgan fingerprint density at radius 2 is 2.53 bits per heavy atom. The summed E-state index contributed by atoms with van der Waals surface area (Å²) in [5.74, 6) is -0.132. The van der Waals surface area contributed by atoms with Gasteiger partial charge < -0.3 is 10.4 Å². The van der Waals surface area contributed by atoms with Crippen LogP contribution in [0.3, 0.4) is 0 Å². The van der Waals surface area contributed by atoms with E-state index in [0.717, 1.165) is 0 Å². The molecule has 0 saturated carbocycles. The van der Waals surface area contributed by atoms with Gasteiger partial charge in [-0.3, -0.25) is 9.89 Å². The number of carbonyl (C=O) groups excluding carboxylic acids is 1. The Hall–Kier alpha value is -1.08. The van der Waals surface area contributed by atoms with Gasteiger partial charge in [-0.15, -0.1) is 0 Å². The van der Waals surface area contributed by atoms with E-state index in [1.165, 1.54) is 18.1 Å². The van der Waals surface area contributed by atoms with E-state index in [2.05, 4.69) is 20.5 Å². The second-order valence-electron chi connectivity index (χ2n) is 3.05. The van der Waals surface area contributed by atoms with Crippen molar-refractivity contribution in [3.8, 4) is 0 Å². The van der Waals surface area contributed by atoms with E-state index in [9.17, 15) is 4.79 Å². The first kappa shape index (κ1) is 12.0. The molecule has 0 spiro atoms. The lowest BCUT2D eigenvalue weighted by Gasteiger charge is -2.20. The van der Waals surface area contributed by atoms with Crippen molar-refractivity contribution >= 4 is 17.7 Å². The highest BCUT2D eigenvalue weighted by Crippen LogP contribution is 2.10. The molecule has 0 aromatic carbocycles. The van der Waals surface area contributed by atoms with Gasteiger partial charge >= 0.3 is 0 Å². The number of hydrogen-bond acceptors (Lipinski definition) is 5. The summed E-state index contributed by atoms with van der Waals surface area (Å²) in [5, 5.41) is 17.8. The highest BCUT2D eigenvalue weighted by Gasteiger charge is 2.19. The standard InChI is InChI=1S/C8H14N4O2S/c1-5(6(3-13)15-2)11-8(14)7-9-4-10-12-7/h4-6,13H,3H2,1-2H3,(H,11,14)(H,9,10,12). The predicted molar refractivity (Wildman–Crippen MR) is 57.7 cm³/mol. The van der Waals surface area contributed by atoms with Gasteiger partial charge in [0.1, 0.15) is 6.33 Å². The zero-order chi connectivity index (χ0) is 11.3. The van der Waals surface area contributed by atoms with Crippen LogP contribution in [0, 0.1) is 0 Å². The fourth-order valence-electron chi connectivity index (χ4n) is 1.12. The van der Waals surface area contributed by atoms with Crippen molar-refractivity contribution < 1.29 is 9.90 Å². The van der Waals surface area contributed by atoms with Crippen LogP contribution in [0.1, 0.15) is 17.5 Å². The summed E-state index contributed by atoms with van der Waals surface area (Å²) in [7, 11) is 0. The molecule has 0 fully saturated rings. The van der Waals surface area contributed by atoms with Gasteiger partial charge in [-0.05, 0) is 13.2 Å². The molecule has 6 nitrogen and oxygen atoms in total. The molecule has 2 unspecified atom stereocenters. The molecule has 0 aliphatic heterocycles. The van der Waals surface area contributed by atoms with Crippen LogP contribution in [0.5, 0.6) is 0 Å². The summed E-state index contributed by atoms with van der Waals surface area (Å²) < 4.78 is 0. The molecule has 15 heavy (non-hydrogen) atoms. The van der Waals surface area contributed by atoms with Gasteiger partial charge in [0.15, 0.2) is 0 Å². The molecular formula is C8H14N4O2S. The number of nitrogens with one attached hydrogen (secondary N) is 2. The summed E-state index contributed by atoms with van der Waals surface area (Å²) in [6, 6.07) is -0.123. The first-order chi connectivity index (χ1) is 7.19. The van der Waals surface area contributed by atoms with Crippen LogP contribution in [-0.2, 0) is 0 Å². The number of aromatic amines is 1. The molecule has 1 aromatic heterocycles. The van der Waals surface area contributed by atoms with Crippen LogP contribution in [0.25, 0.3) is 0 Å². The van der Waals surface area contributed by atoms with E-state index in [-0.39, 0.29) is 29.6 Å². The van der Waals surface area contributed by atoms with Gasteiger partial charge in [0.25, 0.3) is 5.91 Å². The Labute approximate surface area is 91.9 Å². The number of rotatable bonds is 5. The van der Waals surface area contributed by atoms with E-state index >= 15 is 0 Å². The number of aliphatic hydroxyl groups is 1. The number of carbonyl (C=O) groups is 1. The SMILES string of the molecule is CSC(CO)C(C)NC(=O)c1ncn[nH]1. The van der Waals surface area contributed by atoms with Crippen molar-refractivity contribution in [1.29, 1.82) is 0 Å². The van der Waals surface area contributed by atoms with Crippen LogP contribution in [0.15, 0.2) is 6.33 Å². The lowest BCUT2D eigenvalue weighted by molar-refractivity contribution is 0.0926. The van der Waals surface area contributed by atoms with Crippen LogP contribution in [0.2, 0.25) is 0 Å². The lowest BCUT2D eigenvalue weighted by Crippen LogP contribution is -2.41. The van der Waals surface area contributed by atoms with Crippen LogP contribution in [-0.4, -0.2) is 50.3 Å². The van der Waals surface area contributed by atoms with Crippen molar-refractivity contribution in [3.63, 3.8) is 0 Å². The summed E-state index contributed by atoms with van der Waals surface area (Å²) in [5.41, 5.74) is 0. The van der Waals surface area contributed by atoms with Gasteiger partial charge in [0.05, 0.1) is 6.61 Å². The molecule has 1 heterocycles. The Kier molecular flexibility index (Phi) is 4.57. The Morgan fingerprint density at radius 3 is 3.00 bits per heavy atom. The molecule has 0 radical (unpaired) electrons. The molecule has 1 aromatic rings. The number of aliphatic hydroxyl groups excluding tert-OH is 1. The first-order valence-corrected chi connectivity index (χ1v) is 5.77. The minimum Gasteiger partial charge on any atom is -0.395 e. The van der Waals surface area contributed by atoms with E-state index in [1.807, 2.05) is 13.2 Å². The maximum Gasteiger partial charge on any atom is 0.288 e. The van der Waals surface area contributed by atoms with E-state index < -0.39 is 0 Å². The summed E-state index contributed by atoms with van der Waals surface area (Å²) in [4.78, 5) is 15.2. The number of thioether (sulfide) groups is 1. The van der Waals surface area contributed by atoms with Crippen molar-refractivity contribution in [2.45, 2.75) is 18.2 Å². The molecule has 2 atom stereocenters. The second-order valence-corrected chi connectivity index (χ2v) is 4.13. The second kappa shape index (κ2) is 5.72. The van der Waals surface area contributed by atoms with Gasteiger partial charge in [-0.2, -0.15) is 16.9 Å². The Balaban J connectivity index is 2.51. The average molecular weight is 230 g/mol. The molecule has 84 valence electrons. The fraction of sp³-hybridized carbons (Fsp3) is 0.625. The summed E-state index contributed by atoms with van der Waals surface area (Å²) in [6.45, 7) is 1.87. The third-order valence-corrected chi connectivity index (χ3v) is 3.19. The quantitative estimate of drug-likeness (QED) is 0.643. The van der Waals surface area contributed by atoms with E-state index in [4.69, 9.17) is 5.11 Å². The average Bonchev–Trinajstić information content (AvgIpc) is 2.72. The predicted octanol–water partition coefficient (Wildman–Crippen LogP) is -0.353. The van der Waals surface area contributed by atoms with Crippen LogP contribution < -0.4 is 5.32 Å². The van der Waals surface area contributed by atoms with Gasteiger partial charge in [-0.25, -0.2) is 4.98 Å². The normalized spacial score (nSPS) is 14.6. The van der Waals surface area contributed by atoms with E-state index in [1.54, 1.807) is 0 Å². The number of amides is 1. The van der Waals surface area contributed by atoms with Crippen LogP contribution in [0.4, 0.5) is 0 Å². The van der Waals surface area contributed by atoms with Gasteiger partial charge in [-0.1, -0.05) is 0 Å². The first-order valence-electron chi connectivity index (χ1n) is 4.49. The molecule has 0 saturated heterocycles. The maximum absolute atomic E-state index is 11.5. The molecular weight excluding hydrogens is 216 g/mol. The minimum absolute atomic E-state index is 0.0168. The lowest BCUT2D eigenvalue weighted by atomic mass is 10.2. The summed E-state index contributed by atoms with van der Waals surface area (Å²) >= 11 is 1.51. The highest BCUT2D eigenvalue weighted by molar-refractivity contribution is 7.99. The molecule has 0 aliphatic carbocycles. The monoisotopic (exact) mass is 230 g/mol. The van der Waals surface area contributed by atoms with Gasteiger partial charge in [0.2, 0.25) is 5.82 Å². The third kappa shape index (κ3) is 3.21. The zero-order valence-corrected chi connectivity index (χ0v) is 9.41. The molecule has 0 bridgehead atoms. The number of hydrogen-bond donors (Lipinski definition) is 3. The fourth-order valence-corrected chi connectivity index (χ4v) is 1.75. The Morgan fingerprint density at radius 1 is 1.80 bits per heavy atom. The summed E-state index contributed by atoms with van der Waals surface area (Å²) in [6.07, 6.45) is 3.16. The van der Waals surface area contributed by atoms with Crippen molar-refractivity contribution in [1.82, 2.24) is 20.5 Å². The number of nitrogens with zero attached hydrogens (tertiary/aromatic N) is 2. The molecule has 7 heteroatoms. The molecule has 1 rings (SSSR count). The van der Waals surface area contributed by atoms with Crippen molar-refractivity contribution in [2.75, 3.05) is 12.9 Å².